The number of nitrogens with two attached hydrogens (primary N) is 1. The molecule has 2 aromatic heterocycles. The van der Waals surface area contributed by atoms with E-state index in [-0.39, 0.29) is 21.4 Å². The Morgan fingerprint density at radius 2 is 2.29 bits per heavy atom. The van der Waals surface area contributed by atoms with E-state index in [0.29, 0.717) is 9.90 Å². The van der Waals surface area contributed by atoms with Gasteiger partial charge in [0.15, 0.2) is 5.84 Å². The molecule has 2 aromatic rings. The highest BCUT2D eigenvalue weighted by Gasteiger charge is 2.23. The van der Waals surface area contributed by atoms with Crippen LogP contribution in [0, 0.1) is 6.92 Å². The quantitative estimate of drug-likeness (QED) is 0.332. The summed E-state index contributed by atoms with van der Waals surface area (Å²) in [5, 5.41) is 15.4. The molecule has 0 unspecified atom stereocenters. The summed E-state index contributed by atoms with van der Waals surface area (Å²) in [6.45, 7) is 1.71. The molecule has 0 saturated carbocycles. The van der Waals surface area contributed by atoms with Crippen LogP contribution in [0.3, 0.4) is 0 Å². The molecule has 0 aliphatic carbocycles. The Labute approximate surface area is 129 Å². The van der Waals surface area contributed by atoms with Gasteiger partial charge in [0.05, 0.1) is 16.1 Å². The van der Waals surface area contributed by atoms with Crippen LogP contribution in [0.4, 0.5) is 5.82 Å². The van der Waals surface area contributed by atoms with E-state index in [1.165, 1.54) is 24.0 Å². The van der Waals surface area contributed by atoms with Crippen molar-refractivity contribution in [1.82, 2.24) is 9.78 Å². The maximum absolute atomic E-state index is 12.3. The third kappa shape index (κ3) is 2.96. The molecule has 0 bridgehead atoms. The van der Waals surface area contributed by atoms with Crippen molar-refractivity contribution < 1.29 is 13.6 Å². The van der Waals surface area contributed by atoms with E-state index in [1.807, 2.05) is 0 Å². The molecular formula is C10H12ClN5O3S2. The average Bonchev–Trinajstić information content (AvgIpc) is 2.94. The molecule has 0 aliphatic heterocycles. The van der Waals surface area contributed by atoms with Crippen molar-refractivity contribution in [3.05, 3.63) is 27.7 Å². The predicted octanol–water partition coefficient (Wildman–Crippen LogP) is 1.34. The second-order valence-corrected chi connectivity index (χ2v) is 7.71. The molecule has 0 saturated heterocycles. The number of sulfonamides is 1. The highest BCUT2D eigenvalue weighted by molar-refractivity contribution is 7.94. The van der Waals surface area contributed by atoms with E-state index in [1.54, 1.807) is 6.92 Å². The molecule has 21 heavy (non-hydrogen) atoms. The highest BCUT2D eigenvalue weighted by atomic mass is 35.5. The third-order valence-electron chi connectivity index (χ3n) is 2.65. The van der Waals surface area contributed by atoms with E-state index < -0.39 is 10.0 Å². The summed E-state index contributed by atoms with van der Waals surface area (Å²) in [7, 11) is -2.31. The van der Waals surface area contributed by atoms with Crippen molar-refractivity contribution >= 4 is 44.6 Å². The Bertz CT molecular complexity index is 789. The van der Waals surface area contributed by atoms with Gasteiger partial charge in [-0.1, -0.05) is 16.8 Å². The fourth-order valence-corrected chi connectivity index (χ4v) is 4.36. The van der Waals surface area contributed by atoms with Crippen LogP contribution >= 0.6 is 22.9 Å². The molecule has 0 atom stereocenters. The summed E-state index contributed by atoms with van der Waals surface area (Å²) in [5.41, 5.74) is 6.33. The minimum atomic E-state index is -3.84. The van der Waals surface area contributed by atoms with Gasteiger partial charge < -0.3 is 10.9 Å². The summed E-state index contributed by atoms with van der Waals surface area (Å²) in [4.78, 5) is 0. The Morgan fingerprint density at radius 1 is 1.62 bits per heavy atom. The van der Waals surface area contributed by atoms with Gasteiger partial charge in [-0.2, -0.15) is 5.10 Å². The van der Waals surface area contributed by atoms with Crippen LogP contribution in [0.25, 0.3) is 0 Å². The monoisotopic (exact) mass is 349 g/mol. The van der Waals surface area contributed by atoms with Crippen LogP contribution in [0.1, 0.15) is 11.1 Å². The maximum Gasteiger partial charge on any atom is 0.272 e. The molecular weight excluding hydrogens is 338 g/mol. The lowest BCUT2D eigenvalue weighted by Crippen LogP contribution is -2.19. The minimum absolute atomic E-state index is 0.0664. The second kappa shape index (κ2) is 5.54. The van der Waals surface area contributed by atoms with Gasteiger partial charge in [-0.15, -0.1) is 11.3 Å². The molecule has 0 aliphatic rings. The third-order valence-corrected chi connectivity index (χ3v) is 6.02. The maximum atomic E-state index is 12.3. The lowest BCUT2D eigenvalue weighted by atomic mass is 10.3. The van der Waals surface area contributed by atoms with Crippen molar-refractivity contribution in [2.75, 3.05) is 4.72 Å². The van der Waals surface area contributed by atoms with Crippen molar-refractivity contribution in [2.45, 2.75) is 11.1 Å². The van der Waals surface area contributed by atoms with E-state index in [0.717, 1.165) is 11.3 Å². The van der Waals surface area contributed by atoms with E-state index >= 15 is 0 Å². The second-order valence-electron chi connectivity index (χ2n) is 4.14. The molecule has 11 heteroatoms. The summed E-state index contributed by atoms with van der Waals surface area (Å²) in [5.74, 6) is -0.159. The highest BCUT2D eigenvalue weighted by Crippen LogP contribution is 2.31. The fourth-order valence-electron chi connectivity index (χ4n) is 1.54. The zero-order valence-electron chi connectivity index (χ0n) is 11.0. The summed E-state index contributed by atoms with van der Waals surface area (Å²) >= 11 is 6.83. The number of oxime groups is 1. The normalized spacial score (nSPS) is 12.6. The Morgan fingerprint density at radius 3 is 2.81 bits per heavy atom. The molecule has 0 amide bonds. The number of aryl methyl sites for hydroxylation is 2. The SMILES string of the molecule is Cc1cc(S(=O)(=O)Nc2c(/C(N)=N/O)cnn2C)sc1Cl. The lowest BCUT2D eigenvalue weighted by molar-refractivity contribution is 0.318. The summed E-state index contributed by atoms with van der Waals surface area (Å²) < 4.78 is 28.8. The van der Waals surface area contributed by atoms with Gasteiger partial charge in [0.25, 0.3) is 10.0 Å². The molecule has 0 spiro atoms. The number of thiophene rings is 1. The number of amidine groups is 1. The van der Waals surface area contributed by atoms with Gasteiger partial charge in [0, 0.05) is 7.05 Å². The molecule has 2 heterocycles. The van der Waals surface area contributed by atoms with Crippen LogP contribution < -0.4 is 10.5 Å². The average molecular weight is 350 g/mol. The van der Waals surface area contributed by atoms with Crippen LogP contribution in [0.15, 0.2) is 21.6 Å². The van der Waals surface area contributed by atoms with Crippen LogP contribution in [0.5, 0.6) is 0 Å². The zero-order valence-corrected chi connectivity index (χ0v) is 13.4. The zero-order chi connectivity index (χ0) is 15.8. The van der Waals surface area contributed by atoms with E-state index in [9.17, 15) is 8.42 Å². The first-order chi connectivity index (χ1) is 9.76. The summed E-state index contributed by atoms with van der Waals surface area (Å²) in [6.07, 6.45) is 1.29. The molecule has 0 fully saturated rings. The van der Waals surface area contributed by atoms with Gasteiger partial charge in [-0.25, -0.2) is 8.42 Å². The molecule has 0 aromatic carbocycles. The van der Waals surface area contributed by atoms with Crippen LogP contribution in [0.2, 0.25) is 4.34 Å². The molecule has 0 radical (unpaired) electrons. The number of anilines is 1. The number of hydrogen-bond acceptors (Lipinski definition) is 6. The van der Waals surface area contributed by atoms with Crippen molar-refractivity contribution in [3.8, 4) is 0 Å². The predicted molar refractivity (Wildman–Crippen MR) is 80.6 cm³/mol. The smallest absolute Gasteiger partial charge is 0.272 e. The van der Waals surface area contributed by atoms with E-state index in [4.69, 9.17) is 22.5 Å². The molecule has 114 valence electrons. The van der Waals surface area contributed by atoms with E-state index in [2.05, 4.69) is 15.0 Å². The minimum Gasteiger partial charge on any atom is -0.409 e. The standard InChI is InChI=1S/C10H12ClN5O3S2/c1-5-3-7(20-8(5)11)21(18,19)15-10-6(9(12)14-17)4-13-16(10)2/h3-4,15,17H,1-2H3,(H2,12,14). The largest absolute Gasteiger partial charge is 0.409 e. The summed E-state index contributed by atoms with van der Waals surface area (Å²) in [6, 6.07) is 1.47. The van der Waals surface area contributed by atoms with Crippen LogP contribution in [-0.4, -0.2) is 29.2 Å². The number of hydrogen-bond donors (Lipinski definition) is 3. The number of aromatic nitrogens is 2. The lowest BCUT2D eigenvalue weighted by Gasteiger charge is -2.08. The number of nitrogens with zero attached hydrogens (tertiary/aromatic N) is 3. The van der Waals surface area contributed by atoms with Gasteiger partial charge in [-0.05, 0) is 18.6 Å². The number of rotatable bonds is 4. The molecule has 4 N–H and O–H groups in total. The topological polar surface area (TPSA) is 123 Å². The molecule has 2 rings (SSSR count). The van der Waals surface area contributed by atoms with Crippen molar-refractivity contribution in [3.63, 3.8) is 0 Å². The first-order valence-electron chi connectivity index (χ1n) is 5.55. The Kier molecular flexibility index (Phi) is 4.12. The first kappa shape index (κ1) is 15.6. The van der Waals surface area contributed by atoms with Gasteiger partial charge in [0.1, 0.15) is 10.0 Å². The van der Waals surface area contributed by atoms with Crippen molar-refractivity contribution in [1.29, 1.82) is 0 Å². The molecule has 8 nitrogen and oxygen atoms in total. The Balaban J connectivity index is 2.44. The fraction of sp³-hybridized carbons (Fsp3) is 0.200. The van der Waals surface area contributed by atoms with Gasteiger partial charge in [-0.3, -0.25) is 9.40 Å². The number of halogens is 1. The first-order valence-corrected chi connectivity index (χ1v) is 8.22. The van der Waals surface area contributed by atoms with Crippen molar-refractivity contribution in [2.24, 2.45) is 17.9 Å². The Hall–Kier alpha value is -1.78. The number of nitrogens with one attached hydrogen (secondary N) is 1. The van der Waals surface area contributed by atoms with Gasteiger partial charge >= 0.3 is 0 Å². The van der Waals surface area contributed by atoms with Gasteiger partial charge in [0.2, 0.25) is 0 Å². The van der Waals surface area contributed by atoms with Crippen LogP contribution in [-0.2, 0) is 17.1 Å².